The van der Waals surface area contributed by atoms with Gasteiger partial charge in [-0.1, -0.05) is 30.3 Å². The van der Waals surface area contributed by atoms with Gasteiger partial charge < -0.3 is 4.42 Å². The SMILES string of the molecule is O=[N+]([O-])C(=Cc1ccc(Br)o1)Cc1ccccc1. The highest BCUT2D eigenvalue weighted by atomic mass is 79.9. The summed E-state index contributed by atoms with van der Waals surface area (Å²) in [6, 6.07) is 12.7. The zero-order valence-electron chi connectivity index (χ0n) is 9.38. The van der Waals surface area contributed by atoms with Crippen LogP contribution in [0.15, 0.2) is 57.2 Å². The van der Waals surface area contributed by atoms with Crippen molar-refractivity contribution in [2.75, 3.05) is 0 Å². The Balaban J connectivity index is 2.24. The number of allylic oxidation sites excluding steroid dienone is 1. The molecule has 0 atom stereocenters. The van der Waals surface area contributed by atoms with Crippen LogP contribution in [0.25, 0.3) is 6.08 Å². The van der Waals surface area contributed by atoms with Gasteiger partial charge in [0.15, 0.2) is 4.67 Å². The van der Waals surface area contributed by atoms with E-state index in [0.717, 1.165) is 5.56 Å². The molecule has 0 radical (unpaired) electrons. The third-order valence-corrected chi connectivity index (χ3v) is 2.79. The van der Waals surface area contributed by atoms with Gasteiger partial charge in [-0.25, -0.2) is 0 Å². The van der Waals surface area contributed by atoms with Crippen molar-refractivity contribution in [2.24, 2.45) is 0 Å². The van der Waals surface area contributed by atoms with Crippen molar-refractivity contribution in [1.29, 1.82) is 0 Å². The molecule has 0 saturated heterocycles. The molecule has 0 saturated carbocycles. The molecule has 0 aliphatic rings. The zero-order valence-corrected chi connectivity index (χ0v) is 11.0. The molecule has 1 aromatic heterocycles. The zero-order chi connectivity index (χ0) is 13.0. The molecule has 0 aliphatic carbocycles. The highest BCUT2D eigenvalue weighted by Crippen LogP contribution is 2.18. The summed E-state index contributed by atoms with van der Waals surface area (Å²) < 4.78 is 5.79. The van der Waals surface area contributed by atoms with Crippen LogP contribution >= 0.6 is 15.9 Å². The van der Waals surface area contributed by atoms with E-state index in [9.17, 15) is 10.1 Å². The first-order valence-electron chi connectivity index (χ1n) is 5.29. The molecule has 0 bridgehead atoms. The topological polar surface area (TPSA) is 56.3 Å². The number of hydrogen-bond donors (Lipinski definition) is 0. The lowest BCUT2D eigenvalue weighted by atomic mass is 10.1. The van der Waals surface area contributed by atoms with E-state index in [-0.39, 0.29) is 17.0 Å². The molecular weight excluding hydrogens is 298 g/mol. The summed E-state index contributed by atoms with van der Waals surface area (Å²) in [7, 11) is 0. The lowest BCUT2D eigenvalue weighted by Crippen LogP contribution is -2.02. The van der Waals surface area contributed by atoms with Crippen LogP contribution in [0, 0.1) is 10.1 Å². The van der Waals surface area contributed by atoms with E-state index < -0.39 is 0 Å². The molecule has 0 unspecified atom stereocenters. The maximum atomic E-state index is 11.0. The van der Waals surface area contributed by atoms with Crippen LogP contribution in [-0.4, -0.2) is 4.92 Å². The minimum absolute atomic E-state index is 0.100. The number of furan rings is 1. The molecule has 0 aliphatic heterocycles. The molecule has 2 rings (SSSR count). The van der Waals surface area contributed by atoms with Crippen LogP contribution in [0.4, 0.5) is 0 Å². The first kappa shape index (κ1) is 12.6. The molecule has 18 heavy (non-hydrogen) atoms. The van der Waals surface area contributed by atoms with Crippen molar-refractivity contribution in [3.63, 3.8) is 0 Å². The molecule has 4 nitrogen and oxygen atoms in total. The van der Waals surface area contributed by atoms with E-state index in [2.05, 4.69) is 15.9 Å². The van der Waals surface area contributed by atoms with Gasteiger partial charge in [-0.2, -0.15) is 0 Å². The van der Waals surface area contributed by atoms with Gasteiger partial charge in [0.05, 0.1) is 17.4 Å². The first-order valence-corrected chi connectivity index (χ1v) is 6.08. The fraction of sp³-hybridized carbons (Fsp3) is 0.0769. The number of halogens is 1. The summed E-state index contributed by atoms with van der Waals surface area (Å²) in [6.07, 6.45) is 1.71. The van der Waals surface area contributed by atoms with E-state index in [1.807, 2.05) is 30.3 Å². The lowest BCUT2D eigenvalue weighted by molar-refractivity contribution is -0.425. The maximum absolute atomic E-state index is 11.0. The van der Waals surface area contributed by atoms with Crippen molar-refractivity contribution in [2.45, 2.75) is 6.42 Å². The Morgan fingerprint density at radius 3 is 2.56 bits per heavy atom. The summed E-state index contributed by atoms with van der Waals surface area (Å²) in [4.78, 5) is 10.6. The summed E-state index contributed by atoms with van der Waals surface area (Å²) in [5.41, 5.74) is 0.995. The molecule has 1 heterocycles. The third kappa shape index (κ3) is 3.30. The smallest absolute Gasteiger partial charge is 0.254 e. The molecule has 0 amide bonds. The standard InChI is InChI=1S/C13H10BrNO3/c14-13-7-6-12(18-13)9-11(15(16)17)8-10-4-2-1-3-5-10/h1-7,9H,8H2. The summed E-state index contributed by atoms with van der Waals surface area (Å²) >= 11 is 3.16. The second-order valence-electron chi connectivity index (χ2n) is 3.70. The second kappa shape index (κ2) is 5.64. The van der Waals surface area contributed by atoms with Gasteiger partial charge in [-0.15, -0.1) is 0 Å². The first-order chi connectivity index (χ1) is 8.65. The predicted molar refractivity (Wildman–Crippen MR) is 71.5 cm³/mol. The fourth-order valence-corrected chi connectivity index (χ4v) is 1.86. The highest BCUT2D eigenvalue weighted by molar-refractivity contribution is 9.10. The minimum Gasteiger partial charge on any atom is -0.450 e. The van der Waals surface area contributed by atoms with E-state index >= 15 is 0 Å². The molecule has 2 aromatic rings. The van der Waals surface area contributed by atoms with Gasteiger partial charge >= 0.3 is 0 Å². The number of benzene rings is 1. The van der Waals surface area contributed by atoms with Crippen LogP contribution in [0.5, 0.6) is 0 Å². The monoisotopic (exact) mass is 307 g/mol. The predicted octanol–water partition coefficient (Wildman–Crippen LogP) is 3.90. The molecule has 1 aromatic carbocycles. The van der Waals surface area contributed by atoms with Crippen molar-refractivity contribution < 1.29 is 9.34 Å². The largest absolute Gasteiger partial charge is 0.450 e. The Hall–Kier alpha value is -1.88. The maximum Gasteiger partial charge on any atom is 0.254 e. The summed E-state index contributed by atoms with van der Waals surface area (Å²) in [5.74, 6) is 0.463. The van der Waals surface area contributed by atoms with Gasteiger partial charge in [0.2, 0.25) is 0 Å². The second-order valence-corrected chi connectivity index (χ2v) is 4.48. The van der Waals surface area contributed by atoms with Gasteiger partial charge in [0, 0.05) is 0 Å². The minimum atomic E-state index is -0.385. The molecule has 0 N–H and O–H groups in total. The Kier molecular flexibility index (Phi) is 3.94. The van der Waals surface area contributed by atoms with Crippen LogP contribution in [0.2, 0.25) is 0 Å². The summed E-state index contributed by atoms with van der Waals surface area (Å²) in [5, 5.41) is 11.0. The number of nitro groups is 1. The van der Waals surface area contributed by atoms with Crippen molar-refractivity contribution in [1.82, 2.24) is 0 Å². The van der Waals surface area contributed by atoms with Gasteiger partial charge in [-0.05, 0) is 33.6 Å². The number of nitrogens with zero attached hydrogens (tertiary/aromatic N) is 1. The Morgan fingerprint density at radius 1 is 1.28 bits per heavy atom. The Labute approximate surface area is 112 Å². The van der Waals surface area contributed by atoms with Crippen molar-refractivity contribution in [3.05, 3.63) is 74.3 Å². The van der Waals surface area contributed by atoms with E-state index in [4.69, 9.17) is 4.42 Å². The average Bonchev–Trinajstić information content (AvgIpc) is 2.75. The van der Waals surface area contributed by atoms with E-state index in [1.165, 1.54) is 6.08 Å². The molecule has 0 fully saturated rings. The van der Waals surface area contributed by atoms with Crippen molar-refractivity contribution >= 4 is 22.0 Å². The summed E-state index contributed by atoms with van der Waals surface area (Å²) in [6.45, 7) is 0. The molecule has 5 heteroatoms. The number of rotatable bonds is 4. The third-order valence-electron chi connectivity index (χ3n) is 2.37. The lowest BCUT2D eigenvalue weighted by Gasteiger charge is -1.98. The van der Waals surface area contributed by atoms with Crippen LogP contribution in [0.3, 0.4) is 0 Å². The van der Waals surface area contributed by atoms with Crippen LogP contribution in [0.1, 0.15) is 11.3 Å². The quantitative estimate of drug-likeness (QED) is 0.636. The Morgan fingerprint density at radius 2 is 2.00 bits per heavy atom. The average molecular weight is 308 g/mol. The van der Waals surface area contributed by atoms with Crippen LogP contribution < -0.4 is 0 Å². The molecule has 92 valence electrons. The normalized spacial score (nSPS) is 11.5. The highest BCUT2D eigenvalue weighted by Gasteiger charge is 2.13. The number of hydrogen-bond acceptors (Lipinski definition) is 3. The molecular formula is C13H10BrNO3. The molecule has 0 spiro atoms. The van der Waals surface area contributed by atoms with Crippen molar-refractivity contribution in [3.8, 4) is 0 Å². The van der Waals surface area contributed by atoms with Crippen LogP contribution in [-0.2, 0) is 6.42 Å². The van der Waals surface area contributed by atoms with Gasteiger partial charge in [0.1, 0.15) is 5.76 Å². The van der Waals surface area contributed by atoms with E-state index in [1.54, 1.807) is 12.1 Å². The fourth-order valence-electron chi connectivity index (χ4n) is 1.54. The Bertz CT molecular complexity index is 575. The van der Waals surface area contributed by atoms with Gasteiger partial charge in [0.25, 0.3) is 5.70 Å². The van der Waals surface area contributed by atoms with Gasteiger partial charge in [-0.3, -0.25) is 10.1 Å². The van der Waals surface area contributed by atoms with E-state index in [0.29, 0.717) is 10.4 Å².